The van der Waals surface area contributed by atoms with E-state index in [1.807, 2.05) is 5.38 Å². The van der Waals surface area contributed by atoms with Gasteiger partial charge in [-0.25, -0.2) is 0 Å². The lowest BCUT2D eigenvalue weighted by molar-refractivity contribution is -0.145. The van der Waals surface area contributed by atoms with E-state index in [4.69, 9.17) is 4.74 Å². The first-order valence-electron chi connectivity index (χ1n) is 7.54. The molecular formula is C17H17F2NO4S. The predicted molar refractivity (Wildman–Crippen MR) is 88.8 cm³/mol. The van der Waals surface area contributed by atoms with Crippen LogP contribution in [0.3, 0.4) is 0 Å². The number of alkyl halides is 2. The Balaban J connectivity index is 1.61. The average Bonchev–Trinajstić information content (AvgIpc) is 3.12. The van der Waals surface area contributed by atoms with Crippen molar-refractivity contribution in [1.82, 2.24) is 5.32 Å². The zero-order valence-electron chi connectivity index (χ0n) is 13.2. The molecule has 25 heavy (non-hydrogen) atoms. The van der Waals surface area contributed by atoms with E-state index >= 15 is 0 Å². The van der Waals surface area contributed by atoms with Crippen LogP contribution in [0, 0.1) is 0 Å². The van der Waals surface area contributed by atoms with Crippen molar-refractivity contribution >= 4 is 23.2 Å². The van der Waals surface area contributed by atoms with Crippen molar-refractivity contribution in [2.75, 3.05) is 6.54 Å². The van der Waals surface area contributed by atoms with Gasteiger partial charge in [0, 0.05) is 23.9 Å². The number of amides is 1. The maximum Gasteiger partial charge on any atom is 0.387 e. The number of nitrogens with one attached hydrogen (secondary N) is 1. The summed E-state index contributed by atoms with van der Waals surface area (Å²) < 4.78 is 33.4. The number of benzene rings is 1. The number of halogens is 2. The average molecular weight is 369 g/mol. The fourth-order valence-corrected chi connectivity index (χ4v) is 2.57. The SMILES string of the molecule is O=C(CCCNC(=O)c1ccsc1)OCc1ccc(OC(F)F)cc1. The van der Waals surface area contributed by atoms with Gasteiger partial charge in [-0.3, -0.25) is 9.59 Å². The van der Waals surface area contributed by atoms with Gasteiger partial charge >= 0.3 is 12.6 Å². The third kappa shape index (κ3) is 6.88. The van der Waals surface area contributed by atoms with E-state index in [1.165, 1.54) is 23.5 Å². The minimum absolute atomic E-state index is 0.0476. The largest absolute Gasteiger partial charge is 0.461 e. The van der Waals surface area contributed by atoms with Crippen LogP contribution in [0.2, 0.25) is 0 Å². The van der Waals surface area contributed by atoms with Crippen molar-refractivity contribution in [2.45, 2.75) is 26.1 Å². The summed E-state index contributed by atoms with van der Waals surface area (Å²) in [6.07, 6.45) is 0.645. The van der Waals surface area contributed by atoms with Crippen molar-refractivity contribution in [2.24, 2.45) is 0 Å². The molecule has 0 bridgehead atoms. The number of thiophene rings is 1. The standard InChI is InChI=1S/C17H17F2NO4S/c18-17(19)24-14-5-3-12(4-6-14)10-23-15(21)2-1-8-20-16(22)13-7-9-25-11-13/h3-7,9,11,17H,1-2,8,10H2,(H,20,22). The van der Waals surface area contributed by atoms with Crippen molar-refractivity contribution in [3.05, 3.63) is 52.2 Å². The molecule has 134 valence electrons. The molecule has 0 spiro atoms. The third-order valence-electron chi connectivity index (χ3n) is 3.17. The zero-order chi connectivity index (χ0) is 18.1. The molecule has 2 aromatic rings. The second-order valence-corrected chi connectivity index (χ2v) is 5.83. The summed E-state index contributed by atoms with van der Waals surface area (Å²) in [5.41, 5.74) is 1.27. The zero-order valence-corrected chi connectivity index (χ0v) is 14.1. The highest BCUT2D eigenvalue weighted by atomic mass is 32.1. The number of ether oxygens (including phenoxy) is 2. The molecule has 0 aliphatic heterocycles. The second kappa shape index (κ2) is 9.73. The van der Waals surface area contributed by atoms with Gasteiger partial charge in [-0.15, -0.1) is 0 Å². The highest BCUT2D eigenvalue weighted by Gasteiger charge is 2.08. The molecule has 8 heteroatoms. The third-order valence-corrected chi connectivity index (χ3v) is 3.86. The summed E-state index contributed by atoms with van der Waals surface area (Å²) in [5, 5.41) is 6.29. The first kappa shape index (κ1) is 18.9. The van der Waals surface area contributed by atoms with Gasteiger partial charge in [0.1, 0.15) is 12.4 Å². The Morgan fingerprint density at radius 2 is 1.92 bits per heavy atom. The van der Waals surface area contributed by atoms with Crippen LogP contribution >= 0.6 is 11.3 Å². The summed E-state index contributed by atoms with van der Waals surface area (Å²) in [6.45, 7) is -2.44. The molecule has 0 saturated heterocycles. The minimum Gasteiger partial charge on any atom is -0.461 e. The number of carbonyl (C=O) groups excluding carboxylic acids is 2. The monoisotopic (exact) mass is 369 g/mol. The van der Waals surface area contributed by atoms with Gasteiger partial charge in [0.15, 0.2) is 0 Å². The van der Waals surface area contributed by atoms with Crippen LogP contribution in [0.4, 0.5) is 8.78 Å². The quantitative estimate of drug-likeness (QED) is 0.542. The Morgan fingerprint density at radius 1 is 1.16 bits per heavy atom. The Kier molecular flexibility index (Phi) is 7.34. The molecule has 5 nitrogen and oxygen atoms in total. The van der Waals surface area contributed by atoms with Crippen molar-refractivity contribution < 1.29 is 27.8 Å². The Hall–Kier alpha value is -2.48. The topological polar surface area (TPSA) is 64.6 Å². The number of hydrogen-bond acceptors (Lipinski definition) is 5. The fraction of sp³-hybridized carbons (Fsp3) is 0.294. The van der Waals surface area contributed by atoms with Crippen molar-refractivity contribution in [1.29, 1.82) is 0 Å². The number of esters is 1. The smallest absolute Gasteiger partial charge is 0.387 e. The van der Waals surface area contributed by atoms with Crippen LogP contribution in [0.25, 0.3) is 0 Å². The van der Waals surface area contributed by atoms with E-state index < -0.39 is 12.6 Å². The molecule has 0 aliphatic rings. The first-order chi connectivity index (χ1) is 12.0. The Bertz CT molecular complexity index is 674. The molecule has 0 atom stereocenters. The van der Waals surface area contributed by atoms with Crippen LogP contribution < -0.4 is 10.1 Å². The molecule has 0 aliphatic carbocycles. The normalized spacial score (nSPS) is 10.5. The molecule has 0 unspecified atom stereocenters. The Morgan fingerprint density at radius 3 is 2.56 bits per heavy atom. The Labute approximate surface area is 147 Å². The highest BCUT2D eigenvalue weighted by Crippen LogP contribution is 2.15. The van der Waals surface area contributed by atoms with E-state index in [0.717, 1.165) is 0 Å². The van der Waals surface area contributed by atoms with E-state index in [9.17, 15) is 18.4 Å². The lowest BCUT2D eigenvalue weighted by Gasteiger charge is -2.07. The van der Waals surface area contributed by atoms with Gasteiger partial charge in [0.2, 0.25) is 0 Å². The van der Waals surface area contributed by atoms with Crippen LogP contribution in [0.1, 0.15) is 28.8 Å². The molecule has 0 radical (unpaired) electrons. The lowest BCUT2D eigenvalue weighted by atomic mass is 10.2. The van der Waals surface area contributed by atoms with Gasteiger partial charge in [0.05, 0.1) is 0 Å². The summed E-state index contributed by atoms with van der Waals surface area (Å²) in [4.78, 5) is 23.3. The predicted octanol–water partition coefficient (Wildman–Crippen LogP) is 3.60. The highest BCUT2D eigenvalue weighted by molar-refractivity contribution is 7.08. The molecule has 1 aromatic heterocycles. The van der Waals surface area contributed by atoms with Crippen molar-refractivity contribution in [3.63, 3.8) is 0 Å². The maximum absolute atomic E-state index is 12.0. The van der Waals surface area contributed by atoms with Crippen LogP contribution in [0.15, 0.2) is 41.1 Å². The number of hydrogen-bond donors (Lipinski definition) is 1. The van der Waals surface area contributed by atoms with E-state index in [0.29, 0.717) is 24.1 Å². The second-order valence-electron chi connectivity index (χ2n) is 5.05. The molecule has 1 heterocycles. The molecular weight excluding hydrogens is 352 g/mol. The molecule has 2 rings (SSSR count). The van der Waals surface area contributed by atoms with Gasteiger partial charge in [-0.2, -0.15) is 20.1 Å². The summed E-state index contributed by atoms with van der Waals surface area (Å²) in [6, 6.07) is 7.59. The summed E-state index contributed by atoms with van der Waals surface area (Å²) in [7, 11) is 0. The van der Waals surface area contributed by atoms with Gasteiger partial charge < -0.3 is 14.8 Å². The molecule has 0 fully saturated rings. The maximum atomic E-state index is 12.0. The van der Waals surface area contributed by atoms with E-state index in [-0.39, 0.29) is 24.7 Å². The lowest BCUT2D eigenvalue weighted by Crippen LogP contribution is -2.24. The van der Waals surface area contributed by atoms with Crippen LogP contribution in [-0.2, 0) is 16.1 Å². The van der Waals surface area contributed by atoms with E-state index in [2.05, 4.69) is 10.1 Å². The fourth-order valence-electron chi connectivity index (χ4n) is 1.93. The van der Waals surface area contributed by atoms with E-state index in [1.54, 1.807) is 23.6 Å². The first-order valence-corrected chi connectivity index (χ1v) is 8.48. The van der Waals surface area contributed by atoms with Crippen molar-refractivity contribution in [3.8, 4) is 5.75 Å². The van der Waals surface area contributed by atoms with Gasteiger partial charge in [-0.05, 0) is 35.6 Å². The summed E-state index contributed by atoms with van der Waals surface area (Å²) >= 11 is 1.44. The van der Waals surface area contributed by atoms with Crippen LogP contribution in [-0.4, -0.2) is 25.0 Å². The van der Waals surface area contributed by atoms with Gasteiger partial charge in [0.25, 0.3) is 5.91 Å². The van der Waals surface area contributed by atoms with Crippen LogP contribution in [0.5, 0.6) is 5.75 Å². The molecule has 1 aromatic carbocycles. The van der Waals surface area contributed by atoms with Gasteiger partial charge in [-0.1, -0.05) is 12.1 Å². The molecule has 1 amide bonds. The molecule has 1 N–H and O–H groups in total. The number of carbonyl (C=O) groups is 2. The summed E-state index contributed by atoms with van der Waals surface area (Å²) in [5.74, 6) is -0.509. The molecule has 0 saturated carbocycles. The number of rotatable bonds is 9. The minimum atomic E-state index is -2.87.